The van der Waals surface area contributed by atoms with E-state index in [-0.39, 0.29) is 17.0 Å². The zero-order valence-electron chi connectivity index (χ0n) is 16.2. The third kappa shape index (κ3) is 6.73. The first kappa shape index (κ1) is 22.7. The first-order chi connectivity index (χ1) is 13.7. The average Bonchev–Trinajstić information content (AvgIpc) is 2.75. The normalized spacial score (nSPS) is 9.93. The van der Waals surface area contributed by atoms with Gasteiger partial charge in [-0.05, 0) is 72.8 Å². The minimum Gasteiger partial charge on any atom is -0.497 e. The molecule has 6 nitrogen and oxygen atoms in total. The maximum absolute atomic E-state index is 5.94. The lowest BCUT2D eigenvalue weighted by atomic mass is 10.3. The van der Waals surface area contributed by atoms with Gasteiger partial charge in [0.2, 0.25) is 0 Å². The van der Waals surface area contributed by atoms with Gasteiger partial charge in [0.05, 0.1) is 21.3 Å². The Hall–Kier alpha value is -2.63. The molecule has 0 heterocycles. The van der Waals surface area contributed by atoms with Crippen molar-refractivity contribution in [3.05, 3.63) is 72.8 Å². The molecule has 0 N–H and O–H groups in total. The van der Waals surface area contributed by atoms with Crippen molar-refractivity contribution in [3.63, 3.8) is 0 Å². The fourth-order valence-electron chi connectivity index (χ4n) is 2.22. The van der Waals surface area contributed by atoms with E-state index in [0.717, 1.165) is 17.2 Å². The molecule has 3 aromatic rings. The van der Waals surface area contributed by atoms with E-state index in [1.165, 1.54) is 0 Å². The number of halogens is 1. The van der Waals surface area contributed by atoms with Crippen LogP contribution < -0.4 is 27.8 Å². The highest BCUT2D eigenvalue weighted by atomic mass is 79.9. The first-order valence-electron chi connectivity index (χ1n) is 8.46. The predicted octanol–water partition coefficient (Wildman–Crippen LogP) is 6.05. The molecule has 0 bridgehead atoms. The lowest BCUT2D eigenvalue weighted by Crippen LogP contribution is -2.02. The summed E-state index contributed by atoms with van der Waals surface area (Å²) < 4.78 is 33.3. The van der Waals surface area contributed by atoms with Gasteiger partial charge < -0.3 is 27.8 Å². The second-order valence-corrected chi connectivity index (χ2v) is 6.52. The number of rotatable bonds is 9. The van der Waals surface area contributed by atoms with Crippen LogP contribution in [0.5, 0.6) is 34.5 Å². The summed E-state index contributed by atoms with van der Waals surface area (Å²) in [5, 5.41) is 0. The Kier molecular flexibility index (Phi) is 8.90. The minimum atomic E-state index is -1.75. The smallest absolute Gasteiger partial charge is 0.497 e. The van der Waals surface area contributed by atoms with Crippen molar-refractivity contribution >= 4 is 25.6 Å². The summed E-state index contributed by atoms with van der Waals surface area (Å²) in [6, 6.07) is 21.6. The van der Waals surface area contributed by atoms with Crippen LogP contribution in [-0.2, 0) is 0 Å². The molecular formula is C21H22BrO6P. The molecule has 3 rings (SSSR count). The highest BCUT2D eigenvalue weighted by molar-refractivity contribution is 8.93. The van der Waals surface area contributed by atoms with Crippen molar-refractivity contribution < 1.29 is 27.8 Å². The van der Waals surface area contributed by atoms with Gasteiger partial charge in [0, 0.05) is 0 Å². The molecule has 0 unspecified atom stereocenters. The third-order valence-corrected chi connectivity index (χ3v) is 4.80. The van der Waals surface area contributed by atoms with Gasteiger partial charge in [-0.25, -0.2) is 0 Å². The van der Waals surface area contributed by atoms with Crippen molar-refractivity contribution in [2.45, 2.75) is 0 Å². The molecule has 0 saturated carbocycles. The molecule has 0 saturated heterocycles. The molecule has 8 heteroatoms. The first-order valence-corrected chi connectivity index (χ1v) is 9.56. The Morgan fingerprint density at radius 1 is 0.414 bits per heavy atom. The Balaban J connectivity index is 0.00000300. The van der Waals surface area contributed by atoms with E-state index in [1.807, 2.05) is 36.4 Å². The van der Waals surface area contributed by atoms with Crippen LogP contribution in [0.25, 0.3) is 0 Å². The fourth-order valence-corrected chi connectivity index (χ4v) is 3.22. The number of methoxy groups -OCH3 is 3. The summed E-state index contributed by atoms with van der Waals surface area (Å²) in [6.07, 6.45) is 0. The molecule has 0 radical (unpaired) electrons. The van der Waals surface area contributed by atoms with E-state index < -0.39 is 8.60 Å². The van der Waals surface area contributed by atoms with Crippen LogP contribution in [0.4, 0.5) is 0 Å². The number of hydrogen-bond donors (Lipinski definition) is 0. The Labute approximate surface area is 182 Å². The lowest BCUT2D eigenvalue weighted by molar-refractivity contribution is 0.383. The summed E-state index contributed by atoms with van der Waals surface area (Å²) >= 11 is 0. The number of ether oxygens (including phenoxy) is 3. The summed E-state index contributed by atoms with van der Waals surface area (Å²) in [5.41, 5.74) is 0. The second kappa shape index (κ2) is 11.4. The Morgan fingerprint density at radius 3 is 0.828 bits per heavy atom. The van der Waals surface area contributed by atoms with Gasteiger partial charge in [-0.3, -0.25) is 0 Å². The fraction of sp³-hybridized carbons (Fsp3) is 0.143. The Bertz CT molecular complexity index is 738. The zero-order valence-corrected chi connectivity index (χ0v) is 18.8. The van der Waals surface area contributed by atoms with Crippen LogP contribution in [-0.4, -0.2) is 21.3 Å². The van der Waals surface area contributed by atoms with Gasteiger partial charge >= 0.3 is 8.60 Å². The molecule has 154 valence electrons. The van der Waals surface area contributed by atoms with E-state index in [4.69, 9.17) is 27.8 Å². The monoisotopic (exact) mass is 480 g/mol. The van der Waals surface area contributed by atoms with Crippen molar-refractivity contribution in [3.8, 4) is 34.5 Å². The molecule has 0 fully saturated rings. The van der Waals surface area contributed by atoms with Crippen molar-refractivity contribution in [1.82, 2.24) is 0 Å². The van der Waals surface area contributed by atoms with Crippen molar-refractivity contribution in [2.24, 2.45) is 0 Å². The van der Waals surface area contributed by atoms with Crippen LogP contribution in [0.3, 0.4) is 0 Å². The number of benzene rings is 3. The molecular weight excluding hydrogens is 459 g/mol. The topological polar surface area (TPSA) is 55.4 Å². The summed E-state index contributed by atoms with van der Waals surface area (Å²) in [5.74, 6) is 4.04. The van der Waals surface area contributed by atoms with Crippen molar-refractivity contribution in [1.29, 1.82) is 0 Å². The molecule has 0 atom stereocenters. The summed E-state index contributed by atoms with van der Waals surface area (Å²) in [7, 11) is 3.09. The van der Waals surface area contributed by atoms with Crippen molar-refractivity contribution in [2.75, 3.05) is 21.3 Å². The molecule has 0 aliphatic heterocycles. The van der Waals surface area contributed by atoms with E-state index in [1.54, 1.807) is 57.7 Å². The zero-order chi connectivity index (χ0) is 19.8. The van der Waals surface area contributed by atoms with Gasteiger partial charge in [0.1, 0.15) is 34.5 Å². The average molecular weight is 481 g/mol. The van der Waals surface area contributed by atoms with Crippen LogP contribution >= 0.6 is 25.6 Å². The minimum absolute atomic E-state index is 0. The van der Waals surface area contributed by atoms with E-state index >= 15 is 0 Å². The maximum Gasteiger partial charge on any atom is 0.530 e. The SMILES string of the molecule is Br.COc1ccc(OP(Oc2ccc(OC)cc2)Oc2ccc(OC)cc2)cc1. The standard InChI is InChI=1S/C21H21O6P.BrH/c1-22-16-4-10-19(11-5-16)25-28(26-20-12-6-17(23-2)7-13-20)27-21-14-8-18(24-3)9-15-21;/h4-15H,1-3H3;1H. The largest absolute Gasteiger partial charge is 0.530 e. The van der Waals surface area contributed by atoms with Gasteiger partial charge in [0.15, 0.2) is 0 Å². The van der Waals surface area contributed by atoms with E-state index in [2.05, 4.69) is 0 Å². The molecule has 29 heavy (non-hydrogen) atoms. The highest BCUT2D eigenvalue weighted by Gasteiger charge is 2.20. The quantitative estimate of drug-likeness (QED) is 0.347. The summed E-state index contributed by atoms with van der Waals surface area (Å²) in [4.78, 5) is 0. The predicted molar refractivity (Wildman–Crippen MR) is 118 cm³/mol. The highest BCUT2D eigenvalue weighted by Crippen LogP contribution is 2.43. The number of hydrogen-bond acceptors (Lipinski definition) is 6. The van der Waals surface area contributed by atoms with Gasteiger partial charge in [0.25, 0.3) is 0 Å². The van der Waals surface area contributed by atoms with Crippen LogP contribution in [0.15, 0.2) is 72.8 Å². The molecule has 0 aliphatic carbocycles. The molecule has 0 aromatic heterocycles. The molecule has 0 aliphatic rings. The maximum atomic E-state index is 5.94. The van der Waals surface area contributed by atoms with Gasteiger partial charge in [-0.1, -0.05) is 0 Å². The molecule has 0 spiro atoms. The lowest BCUT2D eigenvalue weighted by Gasteiger charge is -2.18. The third-order valence-electron chi connectivity index (χ3n) is 3.72. The van der Waals surface area contributed by atoms with E-state index in [0.29, 0.717) is 17.2 Å². The van der Waals surface area contributed by atoms with Gasteiger partial charge in [-0.15, -0.1) is 17.0 Å². The van der Waals surface area contributed by atoms with Crippen LogP contribution in [0, 0.1) is 0 Å². The van der Waals surface area contributed by atoms with Crippen LogP contribution in [0.1, 0.15) is 0 Å². The molecule has 0 amide bonds. The Morgan fingerprint density at radius 2 is 0.621 bits per heavy atom. The molecule has 3 aromatic carbocycles. The summed E-state index contributed by atoms with van der Waals surface area (Å²) in [6.45, 7) is 0. The van der Waals surface area contributed by atoms with E-state index in [9.17, 15) is 0 Å². The second-order valence-electron chi connectivity index (χ2n) is 5.52. The van der Waals surface area contributed by atoms with Crippen LogP contribution in [0.2, 0.25) is 0 Å². The van der Waals surface area contributed by atoms with Gasteiger partial charge in [-0.2, -0.15) is 0 Å².